The Hall–Kier alpha value is -2.35. The molecule has 0 aliphatic carbocycles. The van der Waals surface area contributed by atoms with Gasteiger partial charge in [0.05, 0.1) is 29.0 Å². The minimum atomic E-state index is -0.558. The Balaban J connectivity index is 1.68. The molecule has 0 saturated carbocycles. The summed E-state index contributed by atoms with van der Waals surface area (Å²) < 4.78 is 6.28. The third-order valence-electron chi connectivity index (χ3n) is 4.34. The van der Waals surface area contributed by atoms with Gasteiger partial charge in [-0.25, -0.2) is 4.79 Å². The predicted octanol–water partition coefficient (Wildman–Crippen LogP) is 3.78. The number of nitrogens with one attached hydrogen (secondary N) is 1. The van der Waals surface area contributed by atoms with Crippen molar-refractivity contribution in [3.63, 3.8) is 0 Å². The first-order valence-electron chi connectivity index (χ1n) is 8.76. The summed E-state index contributed by atoms with van der Waals surface area (Å²) in [5.41, 5.74) is 7.35. The second-order valence-electron chi connectivity index (χ2n) is 7.65. The third-order valence-corrected chi connectivity index (χ3v) is 4.83. The van der Waals surface area contributed by atoms with Crippen LogP contribution in [0.15, 0.2) is 28.9 Å². The van der Waals surface area contributed by atoms with E-state index in [0.29, 0.717) is 30.9 Å². The Morgan fingerprint density at radius 1 is 1.37 bits per heavy atom. The van der Waals surface area contributed by atoms with Gasteiger partial charge in [-0.3, -0.25) is 9.78 Å². The monoisotopic (exact) mass is 434 g/mol. The molecule has 1 fully saturated rings. The van der Waals surface area contributed by atoms with Crippen LogP contribution in [0.5, 0.6) is 0 Å². The average Bonchev–Trinajstić information content (AvgIpc) is 3.06. The lowest BCUT2D eigenvalue weighted by molar-refractivity contribution is -0.119. The highest BCUT2D eigenvalue weighted by atomic mass is 79.9. The van der Waals surface area contributed by atoms with Crippen molar-refractivity contribution >= 4 is 50.2 Å². The van der Waals surface area contributed by atoms with Gasteiger partial charge in [0.2, 0.25) is 5.91 Å². The summed E-state index contributed by atoms with van der Waals surface area (Å²) in [6.45, 7) is 6.28. The summed E-state index contributed by atoms with van der Waals surface area (Å²) >= 11 is 3.40. The first kappa shape index (κ1) is 19.4. The number of fused-ring (bicyclic) bond motifs is 1. The summed E-state index contributed by atoms with van der Waals surface area (Å²) in [5, 5.41) is 3.63. The van der Waals surface area contributed by atoms with Crippen LogP contribution < -0.4 is 11.1 Å². The highest BCUT2D eigenvalue weighted by Crippen LogP contribution is 2.30. The number of anilines is 2. The normalized spacial score (nSPS) is 17.2. The van der Waals surface area contributed by atoms with Gasteiger partial charge in [0.25, 0.3) is 0 Å². The smallest absolute Gasteiger partial charge is 0.410 e. The van der Waals surface area contributed by atoms with Crippen molar-refractivity contribution in [3.8, 4) is 0 Å². The van der Waals surface area contributed by atoms with Gasteiger partial charge < -0.3 is 20.7 Å². The molecule has 0 bridgehead atoms. The number of aromatic nitrogens is 1. The quantitative estimate of drug-likeness (QED) is 0.749. The molecule has 1 aromatic carbocycles. The van der Waals surface area contributed by atoms with Crippen molar-refractivity contribution in [1.82, 2.24) is 9.88 Å². The van der Waals surface area contributed by atoms with Crippen LogP contribution in [0.4, 0.5) is 16.2 Å². The maximum atomic E-state index is 12.6. The Morgan fingerprint density at radius 3 is 2.81 bits per heavy atom. The lowest BCUT2D eigenvalue weighted by atomic mass is 10.1. The van der Waals surface area contributed by atoms with Gasteiger partial charge in [-0.05, 0) is 45.4 Å². The lowest BCUT2D eigenvalue weighted by Crippen LogP contribution is -2.36. The molecule has 3 rings (SSSR count). The Labute approximate surface area is 166 Å². The number of halogens is 1. The molecule has 2 aromatic rings. The zero-order chi connectivity index (χ0) is 19.8. The van der Waals surface area contributed by atoms with E-state index in [1.807, 2.05) is 39.0 Å². The predicted molar refractivity (Wildman–Crippen MR) is 108 cm³/mol. The molecule has 1 aliphatic rings. The van der Waals surface area contributed by atoms with Crippen molar-refractivity contribution in [1.29, 1.82) is 0 Å². The van der Waals surface area contributed by atoms with Crippen LogP contribution >= 0.6 is 15.9 Å². The molecule has 7 nitrogen and oxygen atoms in total. The number of carbonyl (C=O) groups is 2. The van der Waals surface area contributed by atoms with E-state index in [1.54, 1.807) is 11.1 Å². The molecule has 0 spiro atoms. The molecule has 27 heavy (non-hydrogen) atoms. The summed E-state index contributed by atoms with van der Waals surface area (Å²) in [6.07, 6.45) is 1.75. The average molecular weight is 435 g/mol. The number of hydrogen-bond acceptors (Lipinski definition) is 5. The van der Waals surface area contributed by atoms with Gasteiger partial charge in [-0.1, -0.05) is 15.9 Å². The first-order valence-corrected chi connectivity index (χ1v) is 9.56. The highest BCUT2D eigenvalue weighted by molar-refractivity contribution is 9.10. The topological polar surface area (TPSA) is 97.5 Å². The van der Waals surface area contributed by atoms with Crippen LogP contribution in [0.25, 0.3) is 10.9 Å². The minimum absolute atomic E-state index is 0.175. The van der Waals surface area contributed by atoms with Crippen LogP contribution in [0.3, 0.4) is 0 Å². The van der Waals surface area contributed by atoms with Crippen molar-refractivity contribution < 1.29 is 14.3 Å². The number of likely N-dealkylation sites (tertiary alicyclic amines) is 1. The SMILES string of the molecule is CC(C)(C)OC(=O)N1CC[C@@H](C(=O)Nc2cnc3cc(Br)ccc3c2N)C1. The number of nitrogens with two attached hydrogens (primary N) is 1. The summed E-state index contributed by atoms with van der Waals surface area (Å²) in [5.74, 6) is -0.483. The molecule has 8 heteroatoms. The number of hydrogen-bond donors (Lipinski definition) is 2. The molecule has 1 saturated heterocycles. The molecule has 2 heterocycles. The van der Waals surface area contributed by atoms with E-state index in [-0.39, 0.29) is 11.8 Å². The Morgan fingerprint density at radius 2 is 2.11 bits per heavy atom. The molecule has 1 atom stereocenters. The number of carbonyl (C=O) groups excluding carboxylic acids is 2. The van der Waals surface area contributed by atoms with E-state index in [2.05, 4.69) is 26.2 Å². The Bertz CT molecular complexity index is 894. The molecular formula is C19H23BrN4O3. The van der Waals surface area contributed by atoms with Gasteiger partial charge in [0.15, 0.2) is 0 Å². The molecule has 0 radical (unpaired) electrons. The van der Waals surface area contributed by atoms with Crippen molar-refractivity contribution in [2.24, 2.45) is 5.92 Å². The fourth-order valence-corrected chi connectivity index (χ4v) is 3.34. The second kappa shape index (κ2) is 7.34. The molecule has 0 unspecified atom stereocenters. The number of benzene rings is 1. The number of amides is 2. The number of ether oxygens (including phenoxy) is 1. The van der Waals surface area contributed by atoms with Crippen molar-refractivity contribution in [3.05, 3.63) is 28.9 Å². The zero-order valence-corrected chi connectivity index (χ0v) is 17.2. The number of nitrogens with zero attached hydrogens (tertiary/aromatic N) is 2. The van der Waals surface area contributed by atoms with Gasteiger partial charge in [-0.2, -0.15) is 0 Å². The summed E-state index contributed by atoms with van der Waals surface area (Å²) in [7, 11) is 0. The van der Waals surface area contributed by atoms with E-state index in [0.717, 1.165) is 15.4 Å². The standard InChI is InChI=1S/C19H23BrN4O3/c1-19(2,3)27-18(26)24-7-6-11(10-24)17(25)23-15-9-22-14-8-12(20)4-5-13(14)16(15)21/h4-5,8-9,11H,6-7,10H2,1-3H3,(H2,21,22)(H,23,25)/t11-/m1/s1. The largest absolute Gasteiger partial charge is 0.444 e. The molecule has 144 valence electrons. The van der Waals surface area contributed by atoms with E-state index >= 15 is 0 Å². The van der Waals surface area contributed by atoms with Crippen molar-refractivity contribution in [2.75, 3.05) is 24.1 Å². The van der Waals surface area contributed by atoms with Crippen LogP contribution in [0.1, 0.15) is 27.2 Å². The highest BCUT2D eigenvalue weighted by Gasteiger charge is 2.33. The maximum Gasteiger partial charge on any atom is 0.410 e. The number of nitrogen functional groups attached to an aromatic ring is 1. The molecule has 2 amide bonds. The van der Waals surface area contributed by atoms with Crippen molar-refractivity contribution in [2.45, 2.75) is 32.8 Å². The zero-order valence-electron chi connectivity index (χ0n) is 15.6. The molecule has 3 N–H and O–H groups in total. The maximum absolute atomic E-state index is 12.6. The van der Waals surface area contributed by atoms with Gasteiger partial charge in [-0.15, -0.1) is 0 Å². The number of pyridine rings is 1. The third kappa shape index (κ3) is 4.50. The van der Waals surface area contributed by atoms with E-state index in [9.17, 15) is 9.59 Å². The molecular weight excluding hydrogens is 412 g/mol. The molecule has 1 aliphatic heterocycles. The van der Waals surface area contributed by atoms with E-state index < -0.39 is 11.7 Å². The van der Waals surface area contributed by atoms with Gasteiger partial charge in [0.1, 0.15) is 5.60 Å². The second-order valence-corrected chi connectivity index (χ2v) is 8.56. The molecule has 1 aromatic heterocycles. The number of rotatable bonds is 2. The lowest BCUT2D eigenvalue weighted by Gasteiger charge is -2.24. The summed E-state index contributed by atoms with van der Waals surface area (Å²) in [6, 6.07) is 5.60. The van der Waals surface area contributed by atoms with Crippen LogP contribution in [0.2, 0.25) is 0 Å². The fourth-order valence-electron chi connectivity index (χ4n) is 2.99. The fraction of sp³-hybridized carbons (Fsp3) is 0.421. The van der Waals surface area contributed by atoms with Gasteiger partial charge >= 0.3 is 6.09 Å². The Kier molecular flexibility index (Phi) is 5.28. The minimum Gasteiger partial charge on any atom is -0.444 e. The van der Waals surface area contributed by atoms with Gasteiger partial charge in [0, 0.05) is 22.9 Å². The van der Waals surface area contributed by atoms with Crippen LogP contribution in [-0.4, -0.2) is 40.6 Å². The van der Waals surface area contributed by atoms with Crippen LogP contribution in [0, 0.1) is 5.92 Å². The first-order chi connectivity index (χ1) is 12.6. The van der Waals surface area contributed by atoms with E-state index in [4.69, 9.17) is 10.5 Å². The van der Waals surface area contributed by atoms with Crippen LogP contribution in [-0.2, 0) is 9.53 Å². The van der Waals surface area contributed by atoms with E-state index in [1.165, 1.54) is 0 Å². The summed E-state index contributed by atoms with van der Waals surface area (Å²) in [4.78, 5) is 30.7.